The summed E-state index contributed by atoms with van der Waals surface area (Å²) in [6, 6.07) is 12.5. The molecule has 0 saturated carbocycles. The van der Waals surface area contributed by atoms with E-state index in [1.54, 1.807) is 36.8 Å². The topological polar surface area (TPSA) is 102 Å². The largest absolute Gasteiger partial charge is 0.369 e. The van der Waals surface area contributed by atoms with Crippen LogP contribution in [0.1, 0.15) is 10.4 Å². The zero-order valence-electron chi connectivity index (χ0n) is 15.7. The van der Waals surface area contributed by atoms with Crippen molar-refractivity contribution in [3.63, 3.8) is 0 Å². The molecule has 3 aromatic rings. The van der Waals surface area contributed by atoms with Crippen molar-refractivity contribution in [2.75, 3.05) is 36.4 Å². The third kappa shape index (κ3) is 4.34. The number of amides is 1. The first-order valence-electron chi connectivity index (χ1n) is 9.33. The number of H-pyrrole nitrogens is 1. The van der Waals surface area contributed by atoms with Crippen LogP contribution in [0.2, 0.25) is 0 Å². The Morgan fingerprint density at radius 3 is 2.38 bits per heavy atom. The number of carbonyl (C=O) groups is 1. The summed E-state index contributed by atoms with van der Waals surface area (Å²) in [5.41, 5.74) is 2.94. The Hall–Kier alpha value is -3.49. The Balaban J connectivity index is 1.49. The maximum atomic E-state index is 12.6. The zero-order valence-corrected chi connectivity index (χ0v) is 15.7. The number of carbonyl (C=O) groups excluding carboxylic acids is 1. The van der Waals surface area contributed by atoms with E-state index in [1.807, 2.05) is 24.3 Å². The minimum atomic E-state index is -0.366. The van der Waals surface area contributed by atoms with Crippen LogP contribution in [-0.4, -0.2) is 52.3 Å². The van der Waals surface area contributed by atoms with Gasteiger partial charge in [-0.1, -0.05) is 0 Å². The molecular formula is C21H21N5O3. The van der Waals surface area contributed by atoms with E-state index in [0.29, 0.717) is 18.7 Å². The van der Waals surface area contributed by atoms with Crippen LogP contribution in [-0.2, 0) is 0 Å². The van der Waals surface area contributed by atoms with Crippen LogP contribution in [0.15, 0.2) is 65.8 Å². The summed E-state index contributed by atoms with van der Waals surface area (Å²) in [6.45, 7) is 2.61. The molecule has 4 rings (SSSR count). The summed E-state index contributed by atoms with van der Waals surface area (Å²) in [6.07, 6.45) is 4.94. The second-order valence-corrected chi connectivity index (χ2v) is 6.81. The highest BCUT2D eigenvalue weighted by Gasteiger charge is 2.16. The SMILES string of the molecule is O=C(Nc1cc(-c2ccncc2)c[nH]c1=O)c1ccc(N2CCN(O)CC2)cc1. The van der Waals surface area contributed by atoms with Gasteiger partial charge >= 0.3 is 0 Å². The molecule has 3 N–H and O–H groups in total. The number of pyridine rings is 2. The van der Waals surface area contributed by atoms with Gasteiger partial charge in [0.25, 0.3) is 11.5 Å². The molecular weight excluding hydrogens is 370 g/mol. The molecule has 0 spiro atoms. The van der Waals surface area contributed by atoms with Gasteiger partial charge in [-0.3, -0.25) is 14.6 Å². The normalized spacial score (nSPS) is 14.6. The highest BCUT2D eigenvalue weighted by Crippen LogP contribution is 2.20. The molecule has 0 radical (unpaired) electrons. The summed E-state index contributed by atoms with van der Waals surface area (Å²) in [7, 11) is 0. The van der Waals surface area contributed by atoms with Crippen LogP contribution in [0.4, 0.5) is 11.4 Å². The lowest BCUT2D eigenvalue weighted by Gasteiger charge is -2.32. The van der Waals surface area contributed by atoms with Crippen molar-refractivity contribution in [2.45, 2.75) is 0 Å². The monoisotopic (exact) mass is 391 g/mol. The van der Waals surface area contributed by atoms with Crippen LogP contribution < -0.4 is 15.8 Å². The lowest BCUT2D eigenvalue weighted by atomic mass is 10.1. The average Bonchev–Trinajstić information content (AvgIpc) is 2.76. The Bertz CT molecular complexity index is 1040. The quantitative estimate of drug-likeness (QED) is 0.630. The van der Waals surface area contributed by atoms with E-state index in [9.17, 15) is 14.8 Å². The minimum absolute atomic E-state index is 0.187. The van der Waals surface area contributed by atoms with E-state index in [2.05, 4.69) is 20.2 Å². The van der Waals surface area contributed by atoms with E-state index in [-0.39, 0.29) is 17.2 Å². The molecule has 1 aliphatic rings. The maximum absolute atomic E-state index is 12.6. The first kappa shape index (κ1) is 18.9. The van der Waals surface area contributed by atoms with Gasteiger partial charge in [0.2, 0.25) is 0 Å². The molecule has 0 bridgehead atoms. The molecule has 1 aromatic carbocycles. The molecule has 8 heteroatoms. The fourth-order valence-electron chi connectivity index (χ4n) is 3.26. The van der Waals surface area contributed by atoms with Gasteiger partial charge in [-0.2, -0.15) is 5.06 Å². The van der Waals surface area contributed by atoms with Gasteiger partial charge < -0.3 is 20.4 Å². The van der Waals surface area contributed by atoms with Crippen LogP contribution >= 0.6 is 0 Å². The Morgan fingerprint density at radius 1 is 1.00 bits per heavy atom. The highest BCUT2D eigenvalue weighted by atomic mass is 16.5. The molecule has 148 valence electrons. The Labute approximate surface area is 167 Å². The molecule has 8 nitrogen and oxygen atoms in total. The lowest BCUT2D eigenvalue weighted by Crippen LogP contribution is -2.44. The molecule has 0 atom stereocenters. The number of hydrogen-bond acceptors (Lipinski definition) is 6. The van der Waals surface area contributed by atoms with Crippen LogP contribution in [0.5, 0.6) is 0 Å². The number of nitrogens with zero attached hydrogens (tertiary/aromatic N) is 3. The predicted octanol–water partition coefficient (Wildman–Crippen LogP) is 2.20. The van der Waals surface area contributed by atoms with Gasteiger partial charge in [0.15, 0.2) is 0 Å². The molecule has 1 saturated heterocycles. The van der Waals surface area contributed by atoms with Gasteiger partial charge in [-0.15, -0.1) is 0 Å². The standard InChI is InChI=1S/C21H21N5O3/c27-20(16-1-3-18(4-2-16)25-9-11-26(29)12-10-25)24-19-13-17(14-23-21(19)28)15-5-7-22-8-6-15/h1-8,13-14,29H,9-12H2,(H,23,28)(H,24,27). The summed E-state index contributed by atoms with van der Waals surface area (Å²) >= 11 is 0. The number of aromatic nitrogens is 2. The highest BCUT2D eigenvalue weighted by molar-refractivity contribution is 6.04. The van der Waals surface area contributed by atoms with Gasteiger partial charge in [-0.05, 0) is 48.0 Å². The number of aromatic amines is 1. The van der Waals surface area contributed by atoms with E-state index in [4.69, 9.17) is 0 Å². The number of anilines is 2. The minimum Gasteiger partial charge on any atom is -0.369 e. The summed E-state index contributed by atoms with van der Waals surface area (Å²) < 4.78 is 0. The molecule has 0 unspecified atom stereocenters. The number of piperazine rings is 1. The van der Waals surface area contributed by atoms with Crippen molar-refractivity contribution in [1.82, 2.24) is 15.0 Å². The zero-order chi connectivity index (χ0) is 20.2. The second-order valence-electron chi connectivity index (χ2n) is 6.81. The fourth-order valence-corrected chi connectivity index (χ4v) is 3.26. The molecule has 0 aliphatic carbocycles. The van der Waals surface area contributed by atoms with Crippen LogP contribution in [0.3, 0.4) is 0 Å². The van der Waals surface area contributed by atoms with Crippen molar-refractivity contribution < 1.29 is 10.0 Å². The molecule has 3 heterocycles. The van der Waals surface area contributed by atoms with Crippen molar-refractivity contribution in [2.24, 2.45) is 0 Å². The Morgan fingerprint density at radius 2 is 1.69 bits per heavy atom. The molecule has 1 amide bonds. The first-order chi connectivity index (χ1) is 14.1. The summed E-state index contributed by atoms with van der Waals surface area (Å²) in [4.78, 5) is 33.6. The number of benzene rings is 1. The summed E-state index contributed by atoms with van der Waals surface area (Å²) in [5, 5.41) is 13.5. The van der Waals surface area contributed by atoms with E-state index in [1.165, 1.54) is 5.06 Å². The molecule has 29 heavy (non-hydrogen) atoms. The molecule has 2 aromatic heterocycles. The third-order valence-electron chi connectivity index (χ3n) is 4.92. The van der Waals surface area contributed by atoms with Gasteiger partial charge in [0, 0.05) is 61.6 Å². The average molecular weight is 391 g/mol. The molecule has 1 fully saturated rings. The smallest absolute Gasteiger partial charge is 0.271 e. The number of rotatable bonds is 4. The fraction of sp³-hybridized carbons (Fsp3) is 0.190. The van der Waals surface area contributed by atoms with Gasteiger partial charge in [-0.25, -0.2) is 0 Å². The Kier molecular flexibility index (Phi) is 5.37. The second kappa shape index (κ2) is 8.26. The third-order valence-corrected chi connectivity index (χ3v) is 4.92. The van der Waals surface area contributed by atoms with Crippen LogP contribution in [0.25, 0.3) is 11.1 Å². The number of nitrogens with one attached hydrogen (secondary N) is 2. The summed E-state index contributed by atoms with van der Waals surface area (Å²) in [5.74, 6) is -0.353. The van der Waals surface area contributed by atoms with Gasteiger partial charge in [0.1, 0.15) is 5.69 Å². The maximum Gasteiger partial charge on any atom is 0.271 e. The van der Waals surface area contributed by atoms with Gasteiger partial charge in [0.05, 0.1) is 0 Å². The van der Waals surface area contributed by atoms with Crippen molar-refractivity contribution >= 4 is 17.3 Å². The van der Waals surface area contributed by atoms with Crippen LogP contribution in [0, 0.1) is 0 Å². The number of hydrogen-bond donors (Lipinski definition) is 3. The van der Waals surface area contributed by atoms with Crippen molar-refractivity contribution in [1.29, 1.82) is 0 Å². The molecule has 1 aliphatic heterocycles. The number of hydroxylamine groups is 2. The predicted molar refractivity (Wildman–Crippen MR) is 110 cm³/mol. The lowest BCUT2D eigenvalue weighted by molar-refractivity contribution is -0.0935. The first-order valence-corrected chi connectivity index (χ1v) is 9.33. The van der Waals surface area contributed by atoms with Crippen molar-refractivity contribution in [3.8, 4) is 11.1 Å². The van der Waals surface area contributed by atoms with E-state index in [0.717, 1.165) is 29.9 Å². The van der Waals surface area contributed by atoms with Crippen molar-refractivity contribution in [3.05, 3.63) is 77.0 Å². The van der Waals surface area contributed by atoms with E-state index >= 15 is 0 Å². The van der Waals surface area contributed by atoms with E-state index < -0.39 is 0 Å².